The lowest BCUT2D eigenvalue weighted by atomic mass is 9.95. The minimum atomic E-state index is -0.221. The van der Waals surface area contributed by atoms with E-state index in [2.05, 4.69) is 38.1 Å². The first-order chi connectivity index (χ1) is 7.00. The summed E-state index contributed by atoms with van der Waals surface area (Å²) in [6, 6.07) is 8.32. The van der Waals surface area contributed by atoms with Gasteiger partial charge in [0.15, 0.2) is 0 Å². The molecule has 0 unspecified atom stereocenters. The predicted octanol–water partition coefficient (Wildman–Crippen LogP) is 3.05. The van der Waals surface area contributed by atoms with Crippen LogP contribution in [0.5, 0.6) is 0 Å². The maximum Gasteiger partial charge on any atom is 0.302 e. The molecule has 0 bridgehead atoms. The molecule has 0 spiro atoms. The molecule has 1 aromatic rings. The van der Waals surface area contributed by atoms with Crippen molar-refractivity contribution in [2.24, 2.45) is 0 Å². The smallest absolute Gasteiger partial charge is 0.302 e. The number of esters is 1. The van der Waals surface area contributed by atoms with E-state index in [1.807, 2.05) is 6.92 Å². The summed E-state index contributed by atoms with van der Waals surface area (Å²) in [5.74, 6) is 0.0101. The number of hydrogen-bond acceptors (Lipinski definition) is 2. The van der Waals surface area contributed by atoms with E-state index in [0.29, 0.717) is 0 Å². The Morgan fingerprint density at radius 2 is 1.73 bits per heavy atom. The van der Waals surface area contributed by atoms with Gasteiger partial charge in [-0.2, -0.15) is 0 Å². The summed E-state index contributed by atoms with van der Waals surface area (Å²) < 4.78 is 5.16. The van der Waals surface area contributed by atoms with Crippen LogP contribution in [0.25, 0.3) is 0 Å². The maximum absolute atomic E-state index is 10.8. The minimum absolute atomic E-state index is 0.0785. The molecular weight excluding hydrogens is 188 g/mol. The Morgan fingerprint density at radius 1 is 1.20 bits per heavy atom. The topological polar surface area (TPSA) is 26.3 Å². The Kier molecular flexibility index (Phi) is 3.89. The molecule has 0 saturated heterocycles. The summed E-state index contributed by atoms with van der Waals surface area (Å²) in [5.41, 5.74) is 2.44. The second-order valence-electron chi connectivity index (χ2n) is 4.01. The molecule has 2 heteroatoms. The van der Waals surface area contributed by atoms with Crippen LogP contribution in [0.1, 0.15) is 37.8 Å². The van der Waals surface area contributed by atoms with Gasteiger partial charge in [-0.15, -0.1) is 0 Å². The van der Waals surface area contributed by atoms with Gasteiger partial charge in [0.05, 0.1) is 0 Å². The van der Waals surface area contributed by atoms with Crippen molar-refractivity contribution >= 4 is 5.97 Å². The van der Waals surface area contributed by atoms with Gasteiger partial charge >= 0.3 is 5.97 Å². The van der Waals surface area contributed by atoms with Gasteiger partial charge in [-0.1, -0.05) is 36.8 Å². The number of ether oxygens (including phenoxy) is 1. The van der Waals surface area contributed by atoms with Crippen molar-refractivity contribution in [3.63, 3.8) is 0 Å². The lowest BCUT2D eigenvalue weighted by Crippen LogP contribution is -2.19. The quantitative estimate of drug-likeness (QED) is 0.710. The number of carbonyl (C=O) groups is 1. The molecule has 0 amide bonds. The molecule has 2 nitrogen and oxygen atoms in total. The van der Waals surface area contributed by atoms with Gasteiger partial charge in [-0.05, 0) is 19.4 Å². The fourth-order valence-electron chi connectivity index (χ4n) is 1.50. The van der Waals surface area contributed by atoms with Crippen molar-refractivity contribution in [3.05, 3.63) is 35.4 Å². The first-order valence-electron chi connectivity index (χ1n) is 5.24. The first-order valence-corrected chi connectivity index (χ1v) is 5.24. The van der Waals surface area contributed by atoms with E-state index in [9.17, 15) is 4.79 Å². The zero-order valence-electron chi connectivity index (χ0n) is 9.78. The Morgan fingerprint density at radius 3 is 2.20 bits per heavy atom. The normalized spacial score (nSPS) is 14.4. The summed E-state index contributed by atoms with van der Waals surface area (Å²) in [5, 5.41) is 0. The third-order valence-electron chi connectivity index (χ3n) is 2.66. The molecule has 2 atom stereocenters. The number of aryl methyl sites for hydroxylation is 1. The first kappa shape index (κ1) is 11.8. The summed E-state index contributed by atoms with van der Waals surface area (Å²) in [6.07, 6.45) is -0.0785. The largest absolute Gasteiger partial charge is 0.462 e. The molecule has 15 heavy (non-hydrogen) atoms. The molecule has 0 aliphatic heterocycles. The van der Waals surface area contributed by atoms with Crippen molar-refractivity contribution in [1.29, 1.82) is 0 Å². The third-order valence-corrected chi connectivity index (χ3v) is 2.66. The zero-order chi connectivity index (χ0) is 11.4. The van der Waals surface area contributed by atoms with Gasteiger partial charge in [-0.3, -0.25) is 4.79 Å². The molecule has 0 saturated carbocycles. The van der Waals surface area contributed by atoms with Gasteiger partial charge in [0.1, 0.15) is 6.10 Å². The fraction of sp³-hybridized carbons (Fsp3) is 0.462. The zero-order valence-corrected chi connectivity index (χ0v) is 9.78. The van der Waals surface area contributed by atoms with Crippen LogP contribution in [0.2, 0.25) is 0 Å². The maximum atomic E-state index is 10.8. The average Bonchev–Trinajstić information content (AvgIpc) is 2.17. The fourth-order valence-corrected chi connectivity index (χ4v) is 1.50. The van der Waals surface area contributed by atoms with Crippen molar-refractivity contribution in [2.45, 2.75) is 39.7 Å². The Hall–Kier alpha value is -1.31. The third kappa shape index (κ3) is 3.39. The van der Waals surface area contributed by atoms with Gasteiger partial charge < -0.3 is 4.74 Å². The second kappa shape index (κ2) is 4.96. The monoisotopic (exact) mass is 206 g/mol. The van der Waals surface area contributed by atoms with E-state index in [0.717, 1.165) is 0 Å². The van der Waals surface area contributed by atoms with Crippen LogP contribution in [0, 0.1) is 6.92 Å². The van der Waals surface area contributed by atoms with E-state index in [1.54, 1.807) is 0 Å². The lowest BCUT2D eigenvalue weighted by molar-refractivity contribution is -0.146. The molecule has 0 aromatic heterocycles. The van der Waals surface area contributed by atoms with Crippen LogP contribution in [0.15, 0.2) is 24.3 Å². The van der Waals surface area contributed by atoms with E-state index in [1.165, 1.54) is 18.1 Å². The summed E-state index contributed by atoms with van der Waals surface area (Å²) in [7, 11) is 0. The van der Waals surface area contributed by atoms with E-state index in [4.69, 9.17) is 4.74 Å². The molecule has 0 aliphatic rings. The van der Waals surface area contributed by atoms with Gasteiger partial charge in [-0.25, -0.2) is 0 Å². The van der Waals surface area contributed by atoms with Gasteiger partial charge in [0, 0.05) is 12.8 Å². The average molecular weight is 206 g/mol. The van der Waals surface area contributed by atoms with E-state index < -0.39 is 0 Å². The van der Waals surface area contributed by atoms with Crippen LogP contribution >= 0.6 is 0 Å². The number of benzene rings is 1. The van der Waals surface area contributed by atoms with Gasteiger partial charge in [0.2, 0.25) is 0 Å². The molecule has 0 fully saturated rings. The van der Waals surface area contributed by atoms with Crippen LogP contribution in [0.3, 0.4) is 0 Å². The highest BCUT2D eigenvalue weighted by atomic mass is 16.5. The summed E-state index contributed by atoms with van der Waals surface area (Å²) >= 11 is 0. The Bertz CT molecular complexity index is 327. The molecule has 1 aromatic carbocycles. The van der Waals surface area contributed by atoms with E-state index >= 15 is 0 Å². The molecule has 0 aliphatic carbocycles. The molecule has 0 N–H and O–H groups in total. The molecular formula is C13H18O2. The van der Waals surface area contributed by atoms with Gasteiger partial charge in [0.25, 0.3) is 0 Å². The Labute approximate surface area is 91.3 Å². The lowest BCUT2D eigenvalue weighted by Gasteiger charge is -2.20. The van der Waals surface area contributed by atoms with Crippen LogP contribution in [0.4, 0.5) is 0 Å². The van der Waals surface area contributed by atoms with Crippen molar-refractivity contribution in [2.75, 3.05) is 0 Å². The number of rotatable bonds is 3. The Balaban J connectivity index is 2.71. The van der Waals surface area contributed by atoms with Crippen molar-refractivity contribution in [1.82, 2.24) is 0 Å². The molecule has 82 valence electrons. The van der Waals surface area contributed by atoms with Crippen LogP contribution < -0.4 is 0 Å². The predicted molar refractivity (Wildman–Crippen MR) is 60.8 cm³/mol. The van der Waals surface area contributed by atoms with Crippen LogP contribution in [-0.4, -0.2) is 12.1 Å². The summed E-state index contributed by atoms with van der Waals surface area (Å²) in [6.45, 7) is 7.49. The van der Waals surface area contributed by atoms with E-state index in [-0.39, 0.29) is 18.0 Å². The standard InChI is InChI=1S/C13H18O2/c1-9-5-7-13(8-6-9)10(2)11(3)15-12(4)14/h5-8,10-11H,1-4H3/t10-,11+/m1/s1. The van der Waals surface area contributed by atoms with Crippen molar-refractivity contribution in [3.8, 4) is 0 Å². The van der Waals surface area contributed by atoms with Crippen molar-refractivity contribution < 1.29 is 9.53 Å². The highest BCUT2D eigenvalue weighted by Crippen LogP contribution is 2.21. The molecule has 0 radical (unpaired) electrons. The molecule has 1 rings (SSSR count). The molecule has 0 heterocycles. The SMILES string of the molecule is CC(=O)O[C@@H](C)[C@@H](C)c1ccc(C)cc1. The second-order valence-corrected chi connectivity index (χ2v) is 4.01. The minimum Gasteiger partial charge on any atom is -0.462 e. The highest BCUT2D eigenvalue weighted by molar-refractivity contribution is 5.66. The van der Waals surface area contributed by atoms with Crippen LogP contribution in [-0.2, 0) is 9.53 Å². The number of hydrogen-bond donors (Lipinski definition) is 0. The highest BCUT2D eigenvalue weighted by Gasteiger charge is 2.16. The summed E-state index contributed by atoms with van der Waals surface area (Å²) in [4.78, 5) is 10.8. The number of carbonyl (C=O) groups excluding carboxylic acids is 1.